The third kappa shape index (κ3) is 14.6. The molecular weight excluding hydrogens is 474 g/mol. The highest BCUT2D eigenvalue weighted by Crippen LogP contribution is 2.25. The first-order chi connectivity index (χ1) is 17.6. The summed E-state index contributed by atoms with van der Waals surface area (Å²) in [6.45, 7) is 8.44. The van der Waals surface area contributed by atoms with Crippen LogP contribution in [0.25, 0.3) is 10.4 Å². The fourth-order valence-electron chi connectivity index (χ4n) is 3.63. The molecule has 202 valence electrons. The lowest BCUT2D eigenvalue weighted by Crippen LogP contribution is -2.33. The monoisotopic (exact) mass is 513 g/mol. The zero-order valence-electron chi connectivity index (χ0n) is 22.4. The van der Waals surface area contributed by atoms with Crippen molar-refractivity contribution in [2.24, 2.45) is 22.4 Å². The average Bonchev–Trinajstić information content (AvgIpc) is 2.85. The van der Waals surface area contributed by atoms with E-state index in [-0.39, 0.29) is 36.9 Å². The fourth-order valence-corrected chi connectivity index (χ4v) is 3.63. The zero-order valence-corrected chi connectivity index (χ0v) is 22.4. The maximum absolute atomic E-state index is 12.9. The predicted octanol–water partition coefficient (Wildman–Crippen LogP) is 5.88. The fraction of sp³-hybridized carbons (Fsp3) is 0.630. The van der Waals surface area contributed by atoms with Gasteiger partial charge in [-0.15, -0.1) is 0 Å². The Morgan fingerprint density at radius 2 is 1.81 bits per heavy atom. The molecular formula is C27H39N5O5. The van der Waals surface area contributed by atoms with Crippen LogP contribution in [0, 0.1) is 28.6 Å². The van der Waals surface area contributed by atoms with Crippen molar-refractivity contribution in [3.63, 3.8) is 0 Å². The predicted molar refractivity (Wildman–Crippen MR) is 139 cm³/mol. The zero-order chi connectivity index (χ0) is 27.7. The number of benzene rings is 1. The Labute approximate surface area is 219 Å². The molecule has 1 rings (SSSR count). The number of nitrogens with one attached hydrogen (secondary N) is 1. The highest BCUT2D eigenvalue weighted by atomic mass is 16.5. The van der Waals surface area contributed by atoms with Crippen LogP contribution in [0.4, 0.5) is 5.69 Å². The van der Waals surface area contributed by atoms with E-state index in [0.29, 0.717) is 31.5 Å². The van der Waals surface area contributed by atoms with E-state index in [2.05, 4.69) is 36.1 Å². The smallest absolute Gasteiger partial charge is 0.309 e. The number of nitrogens with zero attached hydrogens (tertiary/aromatic N) is 4. The Balaban J connectivity index is 2.54. The number of amides is 1. The standard InChI is InChI=1S/C27H39N5O5/c1-20(26(35)36-17-15-28)8-5-6-16-30-25(34)22(9-7-14-27(2,3)4)18-24(33)37-19-21-10-12-23(13-11-21)31-32-29/h10-13,20,22H,5-9,14,16-19H2,1-4H3,(H,30,34)/t20-,22+/m0/s1. The molecule has 1 amide bonds. The van der Waals surface area contributed by atoms with Gasteiger partial charge in [0.15, 0.2) is 6.61 Å². The number of rotatable bonds is 16. The molecule has 0 aromatic heterocycles. The van der Waals surface area contributed by atoms with Crippen molar-refractivity contribution in [3.05, 3.63) is 40.3 Å². The van der Waals surface area contributed by atoms with E-state index < -0.39 is 17.9 Å². The van der Waals surface area contributed by atoms with Gasteiger partial charge in [-0.1, -0.05) is 69.9 Å². The number of carbonyl (C=O) groups excluding carboxylic acids is 3. The van der Waals surface area contributed by atoms with Crippen molar-refractivity contribution < 1.29 is 23.9 Å². The van der Waals surface area contributed by atoms with Crippen molar-refractivity contribution in [1.82, 2.24) is 5.32 Å². The molecule has 0 bridgehead atoms. The number of unbranched alkanes of at least 4 members (excludes halogenated alkanes) is 1. The summed E-state index contributed by atoms with van der Waals surface area (Å²) in [5.74, 6) is -1.80. The van der Waals surface area contributed by atoms with Gasteiger partial charge in [0, 0.05) is 23.1 Å². The summed E-state index contributed by atoms with van der Waals surface area (Å²) in [5.41, 5.74) is 9.84. The van der Waals surface area contributed by atoms with Crippen molar-refractivity contribution in [3.8, 4) is 6.07 Å². The summed E-state index contributed by atoms with van der Waals surface area (Å²) in [7, 11) is 0. The molecule has 2 atom stereocenters. The Bertz CT molecular complexity index is 959. The topological polar surface area (TPSA) is 154 Å². The molecule has 0 spiro atoms. The molecule has 0 aliphatic heterocycles. The molecule has 1 N–H and O–H groups in total. The van der Waals surface area contributed by atoms with E-state index in [1.807, 2.05) is 0 Å². The summed E-state index contributed by atoms with van der Waals surface area (Å²) < 4.78 is 10.2. The molecule has 0 aliphatic rings. The summed E-state index contributed by atoms with van der Waals surface area (Å²) in [5, 5.41) is 14.9. The number of azide groups is 1. The molecule has 0 heterocycles. The minimum atomic E-state index is -0.484. The van der Waals surface area contributed by atoms with E-state index in [1.165, 1.54) is 0 Å². The maximum Gasteiger partial charge on any atom is 0.309 e. The van der Waals surface area contributed by atoms with Crippen LogP contribution in [-0.2, 0) is 30.5 Å². The van der Waals surface area contributed by atoms with Crippen molar-refractivity contribution in [2.45, 2.75) is 79.2 Å². The van der Waals surface area contributed by atoms with Crippen LogP contribution >= 0.6 is 0 Å². The molecule has 0 saturated carbocycles. The Morgan fingerprint density at radius 1 is 1.11 bits per heavy atom. The summed E-state index contributed by atoms with van der Waals surface area (Å²) in [6.07, 6.45) is 4.34. The maximum atomic E-state index is 12.9. The minimum absolute atomic E-state index is 0.00540. The van der Waals surface area contributed by atoms with Crippen molar-refractivity contribution >= 4 is 23.5 Å². The lowest BCUT2D eigenvalue weighted by molar-refractivity contribution is -0.148. The van der Waals surface area contributed by atoms with Crippen LogP contribution < -0.4 is 5.32 Å². The number of esters is 2. The van der Waals surface area contributed by atoms with Gasteiger partial charge in [0.1, 0.15) is 12.7 Å². The molecule has 1 aromatic carbocycles. The molecule has 0 aliphatic carbocycles. The highest BCUT2D eigenvalue weighted by Gasteiger charge is 2.23. The van der Waals surface area contributed by atoms with Gasteiger partial charge >= 0.3 is 11.9 Å². The van der Waals surface area contributed by atoms with E-state index in [1.54, 1.807) is 37.3 Å². The number of nitriles is 1. The number of carbonyl (C=O) groups is 3. The summed E-state index contributed by atoms with van der Waals surface area (Å²) in [6, 6.07) is 8.49. The lowest BCUT2D eigenvalue weighted by Gasteiger charge is -2.21. The van der Waals surface area contributed by atoms with E-state index in [4.69, 9.17) is 20.3 Å². The number of hydrogen-bond acceptors (Lipinski definition) is 7. The molecule has 0 unspecified atom stereocenters. The highest BCUT2D eigenvalue weighted by molar-refractivity contribution is 5.83. The first-order valence-corrected chi connectivity index (χ1v) is 12.7. The third-order valence-electron chi connectivity index (χ3n) is 5.80. The van der Waals surface area contributed by atoms with Crippen LogP contribution in [0.2, 0.25) is 0 Å². The molecule has 0 saturated heterocycles. The molecule has 0 fully saturated rings. The molecule has 1 aromatic rings. The Kier molecular flexibility index (Phi) is 14.4. The van der Waals surface area contributed by atoms with Crippen LogP contribution in [0.5, 0.6) is 0 Å². The van der Waals surface area contributed by atoms with E-state index in [0.717, 1.165) is 24.8 Å². The SMILES string of the molecule is C[C@@H](CCCCNC(=O)[C@H](CCCC(C)(C)C)CC(=O)OCc1ccc(N=[N+]=[N-])cc1)C(=O)OCC#N. The first kappa shape index (κ1) is 31.5. The third-order valence-corrected chi connectivity index (χ3v) is 5.80. The van der Waals surface area contributed by atoms with Gasteiger partial charge in [0.25, 0.3) is 0 Å². The first-order valence-electron chi connectivity index (χ1n) is 12.7. The number of hydrogen-bond donors (Lipinski definition) is 1. The van der Waals surface area contributed by atoms with Gasteiger partial charge in [0.05, 0.1) is 12.3 Å². The molecule has 10 nitrogen and oxygen atoms in total. The van der Waals surface area contributed by atoms with Crippen molar-refractivity contribution in [1.29, 1.82) is 5.26 Å². The Hall–Kier alpha value is -3.57. The van der Waals surface area contributed by atoms with Gasteiger partial charge in [-0.05, 0) is 42.2 Å². The quantitative estimate of drug-likeness (QED) is 0.0956. The minimum Gasteiger partial charge on any atom is -0.461 e. The van der Waals surface area contributed by atoms with Gasteiger partial charge in [0.2, 0.25) is 5.91 Å². The second kappa shape index (κ2) is 17.0. The van der Waals surface area contributed by atoms with Crippen LogP contribution in [-0.4, -0.2) is 31.0 Å². The van der Waals surface area contributed by atoms with Crippen molar-refractivity contribution in [2.75, 3.05) is 13.2 Å². The van der Waals surface area contributed by atoms with E-state index >= 15 is 0 Å². The molecule has 0 radical (unpaired) electrons. The van der Waals surface area contributed by atoms with Crippen LogP contribution in [0.1, 0.15) is 78.2 Å². The van der Waals surface area contributed by atoms with Gasteiger partial charge in [-0.25, -0.2) is 0 Å². The lowest BCUT2D eigenvalue weighted by atomic mass is 9.87. The molecule has 37 heavy (non-hydrogen) atoms. The largest absolute Gasteiger partial charge is 0.461 e. The second-order valence-electron chi connectivity index (χ2n) is 10.3. The Morgan fingerprint density at radius 3 is 2.43 bits per heavy atom. The summed E-state index contributed by atoms with van der Waals surface area (Å²) >= 11 is 0. The van der Waals surface area contributed by atoms with Gasteiger partial charge in [-0.2, -0.15) is 5.26 Å². The number of ether oxygens (including phenoxy) is 2. The van der Waals surface area contributed by atoms with Crippen LogP contribution in [0.3, 0.4) is 0 Å². The molecule has 10 heteroatoms. The van der Waals surface area contributed by atoms with Crippen LogP contribution in [0.15, 0.2) is 29.4 Å². The second-order valence-corrected chi connectivity index (χ2v) is 10.3. The van der Waals surface area contributed by atoms with Gasteiger partial charge < -0.3 is 14.8 Å². The van der Waals surface area contributed by atoms with E-state index in [9.17, 15) is 14.4 Å². The summed E-state index contributed by atoms with van der Waals surface area (Å²) in [4.78, 5) is 39.8. The average molecular weight is 514 g/mol. The normalized spacial score (nSPS) is 12.4. The van der Waals surface area contributed by atoms with Gasteiger partial charge in [-0.3, -0.25) is 14.4 Å².